The second-order valence-electron chi connectivity index (χ2n) is 6.45. The zero-order chi connectivity index (χ0) is 19.5. The SMILES string of the molecule is COc1ccc(-c2noc([C@@H]3CCCN3C(=O)Nc3ccccc3Br)n2)cc1. The van der Waals surface area contributed by atoms with Crippen molar-refractivity contribution in [3.8, 4) is 17.1 Å². The summed E-state index contributed by atoms with van der Waals surface area (Å²) in [5.74, 6) is 1.71. The predicted octanol–water partition coefficient (Wildman–Crippen LogP) is 4.88. The molecule has 0 aliphatic carbocycles. The summed E-state index contributed by atoms with van der Waals surface area (Å²) >= 11 is 3.45. The smallest absolute Gasteiger partial charge is 0.322 e. The third kappa shape index (κ3) is 3.73. The van der Waals surface area contributed by atoms with Crippen LogP contribution in [0.4, 0.5) is 10.5 Å². The van der Waals surface area contributed by atoms with Gasteiger partial charge in [0.2, 0.25) is 11.7 Å². The van der Waals surface area contributed by atoms with Gasteiger partial charge in [-0.2, -0.15) is 4.98 Å². The first-order chi connectivity index (χ1) is 13.7. The Kier molecular flexibility index (Phi) is 5.29. The molecule has 8 heteroatoms. The highest BCUT2D eigenvalue weighted by atomic mass is 79.9. The molecule has 7 nitrogen and oxygen atoms in total. The quantitative estimate of drug-likeness (QED) is 0.622. The Morgan fingerprint density at radius 1 is 1.25 bits per heavy atom. The summed E-state index contributed by atoms with van der Waals surface area (Å²) in [6.45, 7) is 0.640. The maximum absolute atomic E-state index is 12.8. The van der Waals surface area contributed by atoms with Crippen molar-refractivity contribution in [3.63, 3.8) is 0 Å². The second-order valence-corrected chi connectivity index (χ2v) is 7.30. The summed E-state index contributed by atoms with van der Waals surface area (Å²) in [6.07, 6.45) is 1.67. The molecule has 1 aliphatic rings. The molecule has 1 saturated heterocycles. The number of halogens is 1. The number of methoxy groups -OCH3 is 1. The number of rotatable bonds is 4. The Labute approximate surface area is 170 Å². The number of amides is 2. The van der Waals surface area contributed by atoms with E-state index in [1.165, 1.54) is 0 Å². The molecule has 0 bridgehead atoms. The summed E-state index contributed by atoms with van der Waals surface area (Å²) in [5.41, 5.74) is 1.56. The summed E-state index contributed by atoms with van der Waals surface area (Å²) in [7, 11) is 1.62. The molecule has 1 aliphatic heterocycles. The Morgan fingerprint density at radius 2 is 2.04 bits per heavy atom. The Balaban J connectivity index is 1.51. The first-order valence-electron chi connectivity index (χ1n) is 8.96. The van der Waals surface area contributed by atoms with E-state index in [0.29, 0.717) is 18.3 Å². The van der Waals surface area contributed by atoms with Gasteiger partial charge in [-0.1, -0.05) is 17.3 Å². The number of likely N-dealkylation sites (tertiary alicyclic amines) is 1. The van der Waals surface area contributed by atoms with Crippen molar-refractivity contribution in [2.45, 2.75) is 18.9 Å². The van der Waals surface area contributed by atoms with Crippen molar-refractivity contribution in [1.82, 2.24) is 15.0 Å². The summed E-state index contributed by atoms with van der Waals surface area (Å²) < 4.78 is 11.5. The van der Waals surface area contributed by atoms with Gasteiger partial charge in [0.1, 0.15) is 11.8 Å². The van der Waals surface area contributed by atoms with Gasteiger partial charge in [-0.25, -0.2) is 4.79 Å². The van der Waals surface area contributed by atoms with Crippen molar-refractivity contribution in [3.05, 3.63) is 58.9 Å². The van der Waals surface area contributed by atoms with E-state index in [9.17, 15) is 4.79 Å². The molecule has 2 aromatic carbocycles. The van der Waals surface area contributed by atoms with Gasteiger partial charge in [-0.3, -0.25) is 0 Å². The number of anilines is 1. The number of para-hydroxylation sites is 1. The number of carbonyl (C=O) groups excluding carboxylic acids is 1. The van der Waals surface area contributed by atoms with Crippen molar-refractivity contribution >= 4 is 27.6 Å². The monoisotopic (exact) mass is 442 g/mol. The molecule has 4 rings (SSSR count). The number of ether oxygens (including phenoxy) is 1. The molecule has 0 saturated carbocycles. The number of benzene rings is 2. The van der Waals surface area contributed by atoms with Crippen molar-refractivity contribution in [2.75, 3.05) is 19.0 Å². The molecule has 1 N–H and O–H groups in total. The van der Waals surface area contributed by atoms with Gasteiger partial charge < -0.3 is 19.5 Å². The summed E-state index contributed by atoms with van der Waals surface area (Å²) in [5, 5.41) is 7.02. The second kappa shape index (κ2) is 8.02. The molecule has 1 aromatic heterocycles. The van der Waals surface area contributed by atoms with E-state index in [0.717, 1.165) is 34.3 Å². The molecule has 0 spiro atoms. The number of aromatic nitrogens is 2. The minimum Gasteiger partial charge on any atom is -0.497 e. The molecular weight excluding hydrogens is 424 g/mol. The van der Waals surface area contributed by atoms with Crippen LogP contribution in [0.5, 0.6) is 5.75 Å². The molecule has 2 amide bonds. The van der Waals surface area contributed by atoms with E-state index >= 15 is 0 Å². The van der Waals surface area contributed by atoms with Crippen LogP contribution in [0.2, 0.25) is 0 Å². The van der Waals surface area contributed by atoms with Crippen LogP contribution in [0, 0.1) is 0 Å². The van der Waals surface area contributed by atoms with Crippen molar-refractivity contribution in [1.29, 1.82) is 0 Å². The van der Waals surface area contributed by atoms with Crippen LogP contribution >= 0.6 is 15.9 Å². The fraction of sp³-hybridized carbons (Fsp3) is 0.250. The van der Waals surface area contributed by atoms with Gasteiger partial charge in [0.15, 0.2) is 0 Å². The number of urea groups is 1. The van der Waals surface area contributed by atoms with Gasteiger partial charge >= 0.3 is 6.03 Å². The number of nitrogens with zero attached hydrogens (tertiary/aromatic N) is 3. The molecule has 144 valence electrons. The lowest BCUT2D eigenvalue weighted by Gasteiger charge is -2.22. The molecule has 3 aromatic rings. The number of carbonyl (C=O) groups is 1. The maximum Gasteiger partial charge on any atom is 0.322 e. The minimum atomic E-state index is -0.234. The molecule has 28 heavy (non-hydrogen) atoms. The topological polar surface area (TPSA) is 80.5 Å². The fourth-order valence-electron chi connectivity index (χ4n) is 3.24. The highest BCUT2D eigenvalue weighted by Gasteiger charge is 2.34. The van der Waals surface area contributed by atoms with Crippen molar-refractivity contribution in [2.24, 2.45) is 0 Å². The first-order valence-corrected chi connectivity index (χ1v) is 9.75. The van der Waals surface area contributed by atoms with E-state index in [1.54, 1.807) is 12.0 Å². The molecule has 2 heterocycles. The summed E-state index contributed by atoms with van der Waals surface area (Å²) in [6, 6.07) is 14.5. The van der Waals surface area contributed by atoms with Crippen LogP contribution in [0.3, 0.4) is 0 Å². The number of nitrogens with one attached hydrogen (secondary N) is 1. The Hall–Kier alpha value is -2.87. The standard InChI is InChI=1S/C20H19BrN4O3/c1-27-14-10-8-13(9-11-14)18-23-19(28-24-18)17-7-4-12-25(17)20(26)22-16-6-3-2-5-15(16)21/h2-3,5-6,8-11,17H,4,7,12H2,1H3,(H,22,26)/t17-/m0/s1. The van der Waals surface area contributed by atoms with Crippen LogP contribution in [0.15, 0.2) is 57.5 Å². The highest BCUT2D eigenvalue weighted by Crippen LogP contribution is 2.33. The van der Waals surface area contributed by atoms with E-state index in [4.69, 9.17) is 9.26 Å². The minimum absolute atomic E-state index is 0.182. The van der Waals surface area contributed by atoms with E-state index in [-0.39, 0.29) is 12.1 Å². The Bertz CT molecular complexity index is 974. The van der Waals surface area contributed by atoms with Crippen LogP contribution in [0.25, 0.3) is 11.4 Å². The predicted molar refractivity (Wildman–Crippen MR) is 108 cm³/mol. The average Bonchev–Trinajstić information content (AvgIpc) is 3.39. The van der Waals surface area contributed by atoms with Crippen LogP contribution < -0.4 is 10.1 Å². The zero-order valence-corrected chi connectivity index (χ0v) is 16.8. The lowest BCUT2D eigenvalue weighted by Crippen LogP contribution is -2.34. The molecule has 1 atom stereocenters. The molecule has 1 fully saturated rings. The molecular formula is C20H19BrN4O3. The lowest BCUT2D eigenvalue weighted by molar-refractivity contribution is 0.193. The number of hydrogen-bond donors (Lipinski definition) is 1. The van der Waals surface area contributed by atoms with Crippen molar-refractivity contribution < 1.29 is 14.1 Å². The zero-order valence-electron chi connectivity index (χ0n) is 15.3. The van der Waals surface area contributed by atoms with E-state index < -0.39 is 0 Å². The van der Waals surface area contributed by atoms with E-state index in [1.807, 2.05) is 48.5 Å². The average molecular weight is 443 g/mol. The highest BCUT2D eigenvalue weighted by molar-refractivity contribution is 9.10. The third-order valence-corrected chi connectivity index (χ3v) is 5.40. The molecule has 0 radical (unpaired) electrons. The first kappa shape index (κ1) is 18.5. The summed E-state index contributed by atoms with van der Waals surface area (Å²) in [4.78, 5) is 19.1. The maximum atomic E-state index is 12.8. The van der Waals surface area contributed by atoms with Gasteiger partial charge in [0.25, 0.3) is 0 Å². The van der Waals surface area contributed by atoms with Crippen LogP contribution in [0.1, 0.15) is 24.8 Å². The van der Waals surface area contributed by atoms with Crippen LogP contribution in [-0.4, -0.2) is 34.7 Å². The van der Waals surface area contributed by atoms with Gasteiger partial charge in [-0.15, -0.1) is 0 Å². The lowest BCUT2D eigenvalue weighted by atomic mass is 10.2. The normalized spacial score (nSPS) is 16.2. The third-order valence-electron chi connectivity index (χ3n) is 4.70. The number of hydrogen-bond acceptors (Lipinski definition) is 5. The van der Waals surface area contributed by atoms with Crippen LogP contribution in [-0.2, 0) is 0 Å². The molecule has 0 unspecified atom stereocenters. The van der Waals surface area contributed by atoms with Gasteiger partial charge in [0.05, 0.1) is 12.8 Å². The Morgan fingerprint density at radius 3 is 2.79 bits per heavy atom. The fourth-order valence-corrected chi connectivity index (χ4v) is 3.63. The van der Waals surface area contributed by atoms with Gasteiger partial charge in [-0.05, 0) is 65.2 Å². The van der Waals surface area contributed by atoms with E-state index in [2.05, 4.69) is 31.4 Å². The largest absolute Gasteiger partial charge is 0.497 e. The van der Waals surface area contributed by atoms with Gasteiger partial charge in [0, 0.05) is 16.6 Å².